The standard InChI is InChI=1S/C26H28O5/c1-20(27)26(28-2)19-21-9-11-22(12-10-21)29-17-6-18-30-23-13-15-25(16-14-23)31-24-7-4-3-5-8-24/h3-5,7-16,26H,6,17-19H2,1-2H3. The maximum atomic E-state index is 11.5. The lowest BCUT2D eigenvalue weighted by Crippen LogP contribution is -2.22. The zero-order valence-corrected chi connectivity index (χ0v) is 18.0. The van der Waals surface area contributed by atoms with Gasteiger partial charge < -0.3 is 18.9 Å². The third-order valence-electron chi connectivity index (χ3n) is 4.71. The van der Waals surface area contributed by atoms with E-state index >= 15 is 0 Å². The van der Waals surface area contributed by atoms with Gasteiger partial charge in [0.05, 0.1) is 13.2 Å². The second-order valence-corrected chi connectivity index (χ2v) is 7.12. The van der Waals surface area contributed by atoms with Crippen LogP contribution in [0, 0.1) is 0 Å². The van der Waals surface area contributed by atoms with Crippen molar-refractivity contribution in [3.63, 3.8) is 0 Å². The Bertz CT molecular complexity index is 920. The van der Waals surface area contributed by atoms with Crippen LogP contribution in [-0.4, -0.2) is 32.2 Å². The van der Waals surface area contributed by atoms with E-state index in [2.05, 4.69) is 0 Å². The minimum atomic E-state index is -0.400. The summed E-state index contributed by atoms with van der Waals surface area (Å²) in [5.41, 5.74) is 1.04. The van der Waals surface area contributed by atoms with Gasteiger partial charge in [0.15, 0.2) is 5.78 Å². The second kappa shape index (κ2) is 11.8. The van der Waals surface area contributed by atoms with Crippen LogP contribution in [0.4, 0.5) is 0 Å². The van der Waals surface area contributed by atoms with E-state index in [0.29, 0.717) is 19.6 Å². The third-order valence-corrected chi connectivity index (χ3v) is 4.71. The number of Topliss-reactive ketones (excluding diaryl/α,β-unsaturated/α-hetero) is 1. The maximum absolute atomic E-state index is 11.5. The molecule has 0 saturated carbocycles. The van der Waals surface area contributed by atoms with Crippen molar-refractivity contribution in [2.24, 2.45) is 0 Å². The molecule has 0 radical (unpaired) electrons. The highest BCUT2D eigenvalue weighted by molar-refractivity contribution is 5.80. The molecule has 1 unspecified atom stereocenters. The largest absolute Gasteiger partial charge is 0.493 e. The number of hydrogen-bond donors (Lipinski definition) is 0. The Hall–Kier alpha value is -3.31. The van der Waals surface area contributed by atoms with Gasteiger partial charge in [-0.15, -0.1) is 0 Å². The lowest BCUT2D eigenvalue weighted by Gasteiger charge is -2.12. The van der Waals surface area contributed by atoms with Gasteiger partial charge >= 0.3 is 0 Å². The molecule has 0 aromatic heterocycles. The predicted octanol–water partition coefficient (Wildman–Crippen LogP) is 5.47. The van der Waals surface area contributed by atoms with E-state index in [0.717, 1.165) is 35.0 Å². The molecule has 0 aliphatic carbocycles. The minimum absolute atomic E-state index is 0.0289. The van der Waals surface area contributed by atoms with Crippen molar-refractivity contribution in [1.82, 2.24) is 0 Å². The maximum Gasteiger partial charge on any atom is 0.158 e. The van der Waals surface area contributed by atoms with Gasteiger partial charge in [0.25, 0.3) is 0 Å². The SMILES string of the molecule is COC(Cc1ccc(OCCCOc2ccc(Oc3ccccc3)cc2)cc1)C(C)=O. The molecular weight excluding hydrogens is 392 g/mol. The van der Waals surface area contributed by atoms with Gasteiger partial charge in [-0.2, -0.15) is 0 Å². The molecule has 0 spiro atoms. The van der Waals surface area contributed by atoms with Crippen molar-refractivity contribution < 1.29 is 23.7 Å². The number of carbonyl (C=O) groups excluding carboxylic acids is 1. The van der Waals surface area contributed by atoms with E-state index < -0.39 is 6.10 Å². The van der Waals surface area contributed by atoms with E-state index in [1.165, 1.54) is 0 Å². The molecule has 0 bridgehead atoms. The predicted molar refractivity (Wildman–Crippen MR) is 120 cm³/mol. The smallest absolute Gasteiger partial charge is 0.158 e. The summed E-state index contributed by atoms with van der Waals surface area (Å²) in [4.78, 5) is 11.5. The number of methoxy groups -OCH3 is 1. The van der Waals surface area contributed by atoms with E-state index in [1.54, 1.807) is 14.0 Å². The van der Waals surface area contributed by atoms with E-state index in [9.17, 15) is 4.79 Å². The summed E-state index contributed by atoms with van der Waals surface area (Å²) >= 11 is 0. The summed E-state index contributed by atoms with van der Waals surface area (Å²) in [7, 11) is 1.55. The summed E-state index contributed by atoms with van der Waals surface area (Å²) in [6.07, 6.45) is 0.928. The van der Waals surface area contributed by atoms with Crippen LogP contribution in [0.25, 0.3) is 0 Å². The van der Waals surface area contributed by atoms with Crippen molar-refractivity contribution >= 4 is 5.78 Å². The quantitative estimate of drug-likeness (QED) is 0.364. The van der Waals surface area contributed by atoms with Gasteiger partial charge in [-0.3, -0.25) is 4.79 Å². The van der Waals surface area contributed by atoms with Gasteiger partial charge in [0.2, 0.25) is 0 Å². The molecule has 5 heteroatoms. The average molecular weight is 421 g/mol. The first-order valence-corrected chi connectivity index (χ1v) is 10.3. The average Bonchev–Trinajstić information content (AvgIpc) is 2.80. The monoisotopic (exact) mass is 420 g/mol. The summed E-state index contributed by atoms with van der Waals surface area (Å²) in [5.74, 6) is 3.19. The van der Waals surface area contributed by atoms with Crippen molar-refractivity contribution in [3.05, 3.63) is 84.4 Å². The molecule has 0 aliphatic rings. The normalized spacial score (nSPS) is 11.5. The number of ether oxygens (including phenoxy) is 4. The molecule has 0 aliphatic heterocycles. The van der Waals surface area contributed by atoms with Crippen LogP contribution in [0.2, 0.25) is 0 Å². The highest BCUT2D eigenvalue weighted by Gasteiger charge is 2.13. The van der Waals surface area contributed by atoms with Gasteiger partial charge in [-0.25, -0.2) is 0 Å². The Morgan fingerprint density at radius 2 is 1.26 bits per heavy atom. The minimum Gasteiger partial charge on any atom is -0.493 e. The van der Waals surface area contributed by atoms with E-state index in [-0.39, 0.29) is 5.78 Å². The van der Waals surface area contributed by atoms with E-state index in [1.807, 2.05) is 78.9 Å². The lowest BCUT2D eigenvalue weighted by atomic mass is 10.1. The van der Waals surface area contributed by atoms with Crippen molar-refractivity contribution in [3.8, 4) is 23.0 Å². The fraction of sp³-hybridized carbons (Fsp3) is 0.269. The van der Waals surface area contributed by atoms with Crippen LogP contribution < -0.4 is 14.2 Å². The van der Waals surface area contributed by atoms with Crippen LogP contribution in [0.1, 0.15) is 18.9 Å². The Labute approximate surface area is 183 Å². The first-order chi connectivity index (χ1) is 15.1. The van der Waals surface area contributed by atoms with Gasteiger partial charge in [0, 0.05) is 20.0 Å². The fourth-order valence-corrected chi connectivity index (χ4v) is 3.00. The van der Waals surface area contributed by atoms with Crippen molar-refractivity contribution in [2.45, 2.75) is 25.9 Å². The number of carbonyl (C=O) groups is 1. The third kappa shape index (κ3) is 7.46. The molecule has 3 aromatic carbocycles. The van der Waals surface area contributed by atoms with Crippen LogP contribution in [0.5, 0.6) is 23.0 Å². The molecule has 3 rings (SSSR count). The van der Waals surface area contributed by atoms with Crippen LogP contribution >= 0.6 is 0 Å². The van der Waals surface area contributed by atoms with Crippen molar-refractivity contribution in [1.29, 1.82) is 0 Å². The topological polar surface area (TPSA) is 54.0 Å². The van der Waals surface area contributed by atoms with Gasteiger partial charge in [0.1, 0.15) is 29.1 Å². The Morgan fingerprint density at radius 3 is 1.81 bits per heavy atom. The summed E-state index contributed by atoms with van der Waals surface area (Å²) in [5, 5.41) is 0. The van der Waals surface area contributed by atoms with E-state index in [4.69, 9.17) is 18.9 Å². The Kier molecular flexibility index (Phi) is 8.49. The van der Waals surface area contributed by atoms with Crippen LogP contribution in [-0.2, 0) is 16.0 Å². The first kappa shape index (κ1) is 22.4. The number of ketones is 1. The number of hydrogen-bond acceptors (Lipinski definition) is 5. The number of benzene rings is 3. The molecule has 0 heterocycles. The molecule has 0 fully saturated rings. The lowest BCUT2D eigenvalue weighted by molar-refractivity contribution is -0.126. The molecule has 0 amide bonds. The zero-order chi connectivity index (χ0) is 21.9. The molecule has 5 nitrogen and oxygen atoms in total. The summed E-state index contributed by atoms with van der Waals surface area (Å²) in [6.45, 7) is 2.66. The Balaban J connectivity index is 1.35. The zero-order valence-electron chi connectivity index (χ0n) is 18.0. The Morgan fingerprint density at radius 1 is 0.742 bits per heavy atom. The highest BCUT2D eigenvalue weighted by atomic mass is 16.5. The first-order valence-electron chi connectivity index (χ1n) is 10.3. The second-order valence-electron chi connectivity index (χ2n) is 7.12. The number of rotatable bonds is 12. The number of para-hydroxylation sites is 1. The van der Waals surface area contributed by atoms with Gasteiger partial charge in [-0.1, -0.05) is 30.3 Å². The molecule has 162 valence electrons. The highest BCUT2D eigenvalue weighted by Crippen LogP contribution is 2.23. The fourth-order valence-electron chi connectivity index (χ4n) is 3.00. The molecule has 0 saturated heterocycles. The van der Waals surface area contributed by atoms with Crippen LogP contribution in [0.3, 0.4) is 0 Å². The van der Waals surface area contributed by atoms with Crippen molar-refractivity contribution in [2.75, 3.05) is 20.3 Å². The molecule has 3 aromatic rings. The van der Waals surface area contributed by atoms with Crippen LogP contribution in [0.15, 0.2) is 78.9 Å². The molecule has 0 N–H and O–H groups in total. The molecule has 31 heavy (non-hydrogen) atoms. The van der Waals surface area contributed by atoms with Gasteiger partial charge in [-0.05, 0) is 61.0 Å². The summed E-state index contributed by atoms with van der Waals surface area (Å²) < 4.78 is 22.5. The molecule has 1 atom stereocenters. The molecular formula is C26H28O5. The summed E-state index contributed by atoms with van der Waals surface area (Å²) in [6, 6.07) is 25.0.